The first-order valence-corrected chi connectivity index (χ1v) is 29.2. The van der Waals surface area contributed by atoms with Crippen molar-refractivity contribution in [2.45, 2.75) is 57.8 Å². The van der Waals surface area contributed by atoms with Crippen LogP contribution in [0.5, 0.6) is 0 Å². The molecule has 0 fully saturated rings. The number of anilines is 6. The van der Waals surface area contributed by atoms with Crippen molar-refractivity contribution in [1.29, 1.82) is 0 Å². The van der Waals surface area contributed by atoms with Crippen LogP contribution in [0.3, 0.4) is 0 Å². The van der Waals surface area contributed by atoms with E-state index >= 15 is 0 Å². The lowest BCUT2D eigenvalue weighted by Crippen LogP contribution is -2.24. The Kier molecular flexibility index (Phi) is 9.85. The van der Waals surface area contributed by atoms with Gasteiger partial charge in [0, 0.05) is 83.0 Å². The Labute approximate surface area is 483 Å². The molecule has 0 radical (unpaired) electrons. The molecule has 396 valence electrons. The van der Waals surface area contributed by atoms with Crippen LogP contribution in [0.4, 0.5) is 34.1 Å². The van der Waals surface area contributed by atoms with Crippen molar-refractivity contribution < 1.29 is 8.83 Å². The molecule has 83 heavy (non-hydrogen) atoms. The molecule has 0 saturated carbocycles. The Hall–Kier alpha value is -9.90. The topological polar surface area (TPSA) is 32.8 Å². The van der Waals surface area contributed by atoms with E-state index in [-0.39, 0.29) is 16.2 Å². The predicted molar refractivity (Wildman–Crippen MR) is 346 cm³/mol. The highest BCUT2D eigenvalue weighted by molar-refractivity contribution is 6.22. The highest BCUT2D eigenvalue weighted by Gasteiger charge is 2.49. The minimum atomic E-state index is -0.374. The minimum Gasteiger partial charge on any atom is -0.455 e. The van der Waals surface area contributed by atoms with Crippen LogP contribution in [0, 0.1) is 0 Å². The molecule has 0 saturated heterocycles. The SMILES string of the molecule is CC1(C)c2cc(N(c3ccc(N(c4ccccc4)c4ccccc4)cc3)c3ccc4c(c3)C(C)(C)c3c5c(c6oc7ccccc7c6c3-4)-c3ccccc3C5(C)C)ccc2-c2c1cc(-c1ccc3ccccc3c1)c1oc3ccccc3c21. The Balaban J connectivity index is 0.877. The van der Waals surface area contributed by atoms with Gasteiger partial charge in [-0.2, -0.15) is 0 Å². The molecule has 2 aromatic heterocycles. The fraction of sp³-hybridized carbons (Fsp3) is 0.114. The van der Waals surface area contributed by atoms with Gasteiger partial charge >= 0.3 is 0 Å². The number of hydrogen-bond donors (Lipinski definition) is 0. The zero-order valence-corrected chi connectivity index (χ0v) is 47.3. The van der Waals surface area contributed by atoms with E-state index in [4.69, 9.17) is 8.83 Å². The second kappa shape index (κ2) is 17.1. The molecule has 0 amide bonds. The fourth-order valence-electron chi connectivity index (χ4n) is 15.3. The van der Waals surface area contributed by atoms with Gasteiger partial charge in [0.1, 0.15) is 22.3 Å². The molecule has 0 bridgehead atoms. The van der Waals surface area contributed by atoms with Gasteiger partial charge < -0.3 is 18.6 Å². The number of nitrogens with zero attached hydrogens (tertiary/aromatic N) is 2. The fourth-order valence-corrected chi connectivity index (χ4v) is 15.3. The molecular weight excluding hydrogens is 1010 g/mol. The van der Waals surface area contributed by atoms with E-state index in [1.807, 2.05) is 0 Å². The van der Waals surface area contributed by atoms with Crippen LogP contribution >= 0.6 is 0 Å². The van der Waals surface area contributed by atoms with Crippen LogP contribution < -0.4 is 9.80 Å². The maximum atomic E-state index is 7.06. The maximum Gasteiger partial charge on any atom is 0.144 e. The smallest absolute Gasteiger partial charge is 0.144 e. The van der Waals surface area contributed by atoms with E-state index in [2.05, 4.69) is 294 Å². The second-order valence-corrected chi connectivity index (χ2v) is 24.8. The molecular formula is C79H58N2O2. The summed E-state index contributed by atoms with van der Waals surface area (Å²) >= 11 is 0. The molecule has 17 rings (SSSR count). The zero-order valence-electron chi connectivity index (χ0n) is 47.3. The first kappa shape index (κ1) is 47.9. The molecule has 3 aliphatic rings. The van der Waals surface area contributed by atoms with Crippen molar-refractivity contribution in [3.05, 3.63) is 276 Å². The van der Waals surface area contributed by atoms with E-state index in [0.29, 0.717) is 0 Å². The molecule has 4 heteroatoms. The lowest BCUT2D eigenvalue weighted by Gasteiger charge is -2.32. The van der Waals surface area contributed by atoms with Crippen molar-refractivity contribution in [3.8, 4) is 44.5 Å². The zero-order chi connectivity index (χ0) is 55.7. The minimum absolute atomic E-state index is 0.258. The van der Waals surface area contributed by atoms with E-state index < -0.39 is 0 Å². The van der Waals surface area contributed by atoms with Gasteiger partial charge in [-0.15, -0.1) is 0 Å². The van der Waals surface area contributed by atoms with Gasteiger partial charge in [-0.05, 0) is 175 Å². The Morgan fingerprint density at radius 2 is 0.747 bits per heavy atom. The van der Waals surface area contributed by atoms with Gasteiger partial charge in [0.25, 0.3) is 0 Å². The second-order valence-electron chi connectivity index (χ2n) is 24.8. The molecule has 0 N–H and O–H groups in total. The molecule has 0 atom stereocenters. The first-order chi connectivity index (χ1) is 40.4. The Bertz CT molecular complexity index is 5020. The normalized spacial score (nSPS) is 14.7. The largest absolute Gasteiger partial charge is 0.455 e. The summed E-state index contributed by atoms with van der Waals surface area (Å²) in [6, 6.07) is 89.1. The van der Waals surface area contributed by atoms with Crippen molar-refractivity contribution >= 4 is 88.8 Å². The van der Waals surface area contributed by atoms with E-state index in [9.17, 15) is 0 Å². The summed E-state index contributed by atoms with van der Waals surface area (Å²) in [7, 11) is 0. The summed E-state index contributed by atoms with van der Waals surface area (Å²) in [5, 5.41) is 7.11. The average molecular weight is 1070 g/mol. The van der Waals surface area contributed by atoms with E-state index in [1.54, 1.807) is 0 Å². The van der Waals surface area contributed by atoms with Gasteiger partial charge in [-0.1, -0.05) is 187 Å². The van der Waals surface area contributed by atoms with Crippen molar-refractivity contribution in [3.63, 3.8) is 0 Å². The third-order valence-corrected chi connectivity index (χ3v) is 19.1. The van der Waals surface area contributed by atoms with Gasteiger partial charge in [0.15, 0.2) is 0 Å². The number of furan rings is 2. The molecule has 0 unspecified atom stereocenters. The molecule has 3 aliphatic carbocycles. The van der Waals surface area contributed by atoms with Crippen LogP contribution in [0.15, 0.2) is 251 Å². The molecule has 4 nitrogen and oxygen atoms in total. The lowest BCUT2D eigenvalue weighted by atomic mass is 9.72. The Morgan fingerprint density at radius 3 is 1.40 bits per heavy atom. The van der Waals surface area contributed by atoms with Crippen molar-refractivity contribution in [2.75, 3.05) is 9.80 Å². The van der Waals surface area contributed by atoms with E-state index in [1.165, 1.54) is 88.3 Å². The molecule has 0 spiro atoms. The van der Waals surface area contributed by atoms with Gasteiger partial charge in [-0.25, -0.2) is 0 Å². The molecule has 2 heterocycles. The van der Waals surface area contributed by atoms with Crippen LogP contribution in [0.2, 0.25) is 0 Å². The van der Waals surface area contributed by atoms with Crippen molar-refractivity contribution in [1.82, 2.24) is 0 Å². The summed E-state index contributed by atoms with van der Waals surface area (Å²) in [6.45, 7) is 14.6. The summed E-state index contributed by atoms with van der Waals surface area (Å²) in [5.41, 5.74) is 27.1. The number of rotatable bonds is 7. The van der Waals surface area contributed by atoms with Crippen LogP contribution in [-0.4, -0.2) is 0 Å². The monoisotopic (exact) mass is 1070 g/mol. The summed E-state index contributed by atoms with van der Waals surface area (Å²) in [4.78, 5) is 4.83. The first-order valence-electron chi connectivity index (χ1n) is 29.2. The number of hydrogen-bond acceptors (Lipinski definition) is 4. The average Bonchev–Trinajstić information content (AvgIpc) is 1.60. The van der Waals surface area contributed by atoms with Crippen LogP contribution in [0.25, 0.3) is 99.2 Å². The lowest BCUT2D eigenvalue weighted by molar-refractivity contribution is 0.600. The number of para-hydroxylation sites is 4. The summed E-state index contributed by atoms with van der Waals surface area (Å²) in [5.74, 6) is 0. The van der Waals surface area contributed by atoms with Gasteiger partial charge in [-0.3, -0.25) is 0 Å². The predicted octanol–water partition coefficient (Wildman–Crippen LogP) is 22.2. The molecule has 0 aliphatic heterocycles. The maximum absolute atomic E-state index is 7.06. The Morgan fingerprint density at radius 1 is 0.289 bits per heavy atom. The standard InChI is InChI=1S/C79H58N2O2/c1-77(2)63-44-54(39-41-57(63)68-65(77)46-61(49-34-33-47-21-13-14-22-48(47)43-49)75-70(68)59-28-16-19-31-66(59)82-75)81(53-37-35-52(36-38-53)80(50-23-9-7-10-24-50)51-25-11-8-12-26-51)55-40-42-58-64(45-55)79(5,6)73-69(58)71-60-29-17-20-32-67(60)83-76(71)72-56-27-15-18-30-62(56)78(3,4)74(72)73/h7-46H,1-6H3. The third-order valence-electron chi connectivity index (χ3n) is 19.1. The third kappa shape index (κ3) is 6.63. The highest BCUT2D eigenvalue weighted by Crippen LogP contribution is 2.64. The van der Waals surface area contributed by atoms with Gasteiger partial charge in [0.2, 0.25) is 0 Å². The van der Waals surface area contributed by atoms with E-state index in [0.717, 1.165) is 78.4 Å². The van der Waals surface area contributed by atoms with Crippen LogP contribution in [0.1, 0.15) is 74.9 Å². The van der Waals surface area contributed by atoms with Gasteiger partial charge in [0.05, 0.1) is 0 Å². The van der Waals surface area contributed by atoms with Crippen LogP contribution in [-0.2, 0) is 16.2 Å². The quantitative estimate of drug-likeness (QED) is 0.159. The summed E-state index contributed by atoms with van der Waals surface area (Å²) < 4.78 is 14.0. The number of fused-ring (bicyclic) bond motifs is 20. The molecule has 12 aromatic carbocycles. The summed E-state index contributed by atoms with van der Waals surface area (Å²) in [6.07, 6.45) is 0. The highest BCUT2D eigenvalue weighted by atomic mass is 16.3. The number of benzene rings is 12. The van der Waals surface area contributed by atoms with Crippen molar-refractivity contribution in [2.24, 2.45) is 0 Å². The molecule has 14 aromatic rings.